The third kappa shape index (κ3) is 3.68. The first-order chi connectivity index (χ1) is 9.04. The molecule has 0 spiro atoms. The summed E-state index contributed by atoms with van der Waals surface area (Å²) in [5, 5.41) is 12.5. The zero-order valence-electron chi connectivity index (χ0n) is 11.4. The van der Waals surface area contributed by atoms with Crippen LogP contribution < -0.4 is 10.1 Å². The van der Waals surface area contributed by atoms with Gasteiger partial charge < -0.3 is 4.74 Å². The van der Waals surface area contributed by atoms with Gasteiger partial charge >= 0.3 is 0 Å². The summed E-state index contributed by atoms with van der Waals surface area (Å²) < 4.78 is 19.2. The van der Waals surface area contributed by atoms with E-state index in [0.29, 0.717) is 24.6 Å². The van der Waals surface area contributed by atoms with Gasteiger partial charge in [-0.2, -0.15) is 5.26 Å². The van der Waals surface area contributed by atoms with Crippen LogP contribution in [0.1, 0.15) is 31.7 Å². The number of hydrogen-bond donors (Lipinski definition) is 1. The number of nitrogens with zero attached hydrogens (tertiary/aromatic N) is 1. The molecule has 0 amide bonds. The molecule has 0 bridgehead atoms. The lowest BCUT2D eigenvalue weighted by Gasteiger charge is -2.23. The second-order valence-electron chi connectivity index (χ2n) is 5.35. The molecular weight excluding hydrogens is 243 g/mol. The standard InChI is InChI=1S/C15H19FN2O/c1-11-4-3-5-13(14(11)16)19-9-8-15(2,10-17)18-12-6-7-12/h3-5,12,18H,6-9H2,1-2H3. The molecule has 1 unspecified atom stereocenters. The second-order valence-corrected chi connectivity index (χ2v) is 5.35. The van der Waals surface area contributed by atoms with E-state index in [1.165, 1.54) is 0 Å². The number of halogens is 1. The lowest BCUT2D eigenvalue weighted by atomic mass is 10.0. The molecule has 1 saturated carbocycles. The van der Waals surface area contributed by atoms with Crippen LogP contribution in [0.25, 0.3) is 0 Å². The molecule has 1 aliphatic rings. The van der Waals surface area contributed by atoms with Gasteiger partial charge in [0.2, 0.25) is 0 Å². The van der Waals surface area contributed by atoms with Crippen molar-refractivity contribution >= 4 is 0 Å². The topological polar surface area (TPSA) is 45.0 Å². The number of aryl methyl sites for hydroxylation is 1. The highest BCUT2D eigenvalue weighted by molar-refractivity contribution is 5.30. The van der Waals surface area contributed by atoms with Crippen molar-refractivity contribution < 1.29 is 9.13 Å². The minimum atomic E-state index is -0.596. The van der Waals surface area contributed by atoms with Gasteiger partial charge in [0.15, 0.2) is 11.6 Å². The maximum absolute atomic E-state index is 13.7. The van der Waals surface area contributed by atoms with Crippen molar-refractivity contribution in [3.8, 4) is 11.8 Å². The SMILES string of the molecule is Cc1cccc(OCCC(C)(C#N)NC2CC2)c1F. The van der Waals surface area contributed by atoms with Crippen LogP contribution in [0.3, 0.4) is 0 Å². The number of benzene rings is 1. The van der Waals surface area contributed by atoms with Crippen molar-refractivity contribution in [2.75, 3.05) is 6.61 Å². The van der Waals surface area contributed by atoms with Crippen LogP contribution in [-0.4, -0.2) is 18.2 Å². The molecule has 1 aliphatic carbocycles. The van der Waals surface area contributed by atoms with Gasteiger partial charge in [0, 0.05) is 12.5 Å². The summed E-state index contributed by atoms with van der Waals surface area (Å²) in [6.07, 6.45) is 2.79. The molecule has 0 aliphatic heterocycles. The fraction of sp³-hybridized carbons (Fsp3) is 0.533. The van der Waals surface area contributed by atoms with E-state index in [0.717, 1.165) is 12.8 Å². The number of hydrogen-bond acceptors (Lipinski definition) is 3. The first-order valence-corrected chi connectivity index (χ1v) is 6.61. The first-order valence-electron chi connectivity index (χ1n) is 6.61. The van der Waals surface area contributed by atoms with Gasteiger partial charge in [-0.3, -0.25) is 5.32 Å². The van der Waals surface area contributed by atoms with Crippen LogP contribution in [0.15, 0.2) is 18.2 Å². The fourth-order valence-corrected chi connectivity index (χ4v) is 1.94. The predicted octanol–water partition coefficient (Wildman–Crippen LogP) is 2.94. The molecule has 0 aromatic heterocycles. The van der Waals surface area contributed by atoms with E-state index in [9.17, 15) is 9.65 Å². The molecule has 1 atom stereocenters. The maximum atomic E-state index is 13.7. The Morgan fingerprint density at radius 1 is 1.53 bits per heavy atom. The van der Waals surface area contributed by atoms with Crippen molar-refractivity contribution in [1.29, 1.82) is 5.26 Å². The Balaban J connectivity index is 1.88. The van der Waals surface area contributed by atoms with Crippen molar-refractivity contribution in [2.45, 2.75) is 44.7 Å². The van der Waals surface area contributed by atoms with Gasteiger partial charge in [0.05, 0.1) is 12.7 Å². The van der Waals surface area contributed by atoms with Gasteiger partial charge in [-0.1, -0.05) is 12.1 Å². The van der Waals surface area contributed by atoms with Crippen LogP contribution in [0.4, 0.5) is 4.39 Å². The highest BCUT2D eigenvalue weighted by atomic mass is 19.1. The molecule has 1 aromatic rings. The Labute approximate surface area is 113 Å². The van der Waals surface area contributed by atoms with Crippen molar-refractivity contribution in [3.05, 3.63) is 29.6 Å². The Bertz CT molecular complexity index is 493. The molecule has 0 heterocycles. The molecule has 0 saturated heterocycles. The number of nitriles is 1. The van der Waals surface area contributed by atoms with Crippen LogP contribution in [0.5, 0.6) is 5.75 Å². The minimum Gasteiger partial charge on any atom is -0.490 e. The summed E-state index contributed by atoms with van der Waals surface area (Å²) in [6.45, 7) is 3.89. The molecule has 1 aromatic carbocycles. The molecule has 2 rings (SSSR count). The number of rotatable bonds is 6. The smallest absolute Gasteiger partial charge is 0.167 e. The van der Waals surface area contributed by atoms with Gasteiger partial charge in [0.25, 0.3) is 0 Å². The van der Waals surface area contributed by atoms with Gasteiger partial charge in [-0.05, 0) is 38.3 Å². The molecule has 1 N–H and O–H groups in total. The highest BCUT2D eigenvalue weighted by Crippen LogP contribution is 2.24. The lowest BCUT2D eigenvalue weighted by molar-refractivity contribution is 0.256. The molecule has 1 fully saturated rings. The second kappa shape index (κ2) is 5.58. The van der Waals surface area contributed by atoms with E-state index in [1.54, 1.807) is 25.1 Å². The third-order valence-corrected chi connectivity index (χ3v) is 3.36. The highest BCUT2D eigenvalue weighted by Gasteiger charge is 2.32. The summed E-state index contributed by atoms with van der Waals surface area (Å²) >= 11 is 0. The summed E-state index contributed by atoms with van der Waals surface area (Å²) in [5.41, 5.74) is -0.0294. The van der Waals surface area contributed by atoms with Crippen LogP contribution in [-0.2, 0) is 0 Å². The van der Waals surface area contributed by atoms with E-state index < -0.39 is 5.54 Å². The molecule has 102 valence electrons. The Morgan fingerprint density at radius 3 is 2.89 bits per heavy atom. The van der Waals surface area contributed by atoms with Crippen molar-refractivity contribution in [1.82, 2.24) is 5.32 Å². The van der Waals surface area contributed by atoms with E-state index in [1.807, 2.05) is 6.92 Å². The van der Waals surface area contributed by atoms with E-state index in [2.05, 4.69) is 11.4 Å². The summed E-state index contributed by atoms with van der Waals surface area (Å²) in [7, 11) is 0. The Morgan fingerprint density at radius 2 is 2.26 bits per heavy atom. The Hall–Kier alpha value is -1.60. The summed E-state index contributed by atoms with van der Waals surface area (Å²) in [6, 6.07) is 7.82. The molecular formula is C15H19FN2O. The Kier molecular flexibility index (Phi) is 4.06. The maximum Gasteiger partial charge on any atom is 0.167 e. The normalized spacial score (nSPS) is 17.6. The third-order valence-electron chi connectivity index (χ3n) is 3.36. The van der Waals surface area contributed by atoms with E-state index >= 15 is 0 Å². The minimum absolute atomic E-state index is 0.256. The van der Waals surface area contributed by atoms with Crippen LogP contribution in [0, 0.1) is 24.1 Å². The average molecular weight is 262 g/mol. The number of nitrogens with one attached hydrogen (secondary N) is 1. The molecule has 3 nitrogen and oxygen atoms in total. The van der Waals surface area contributed by atoms with Gasteiger partial charge in [-0.25, -0.2) is 4.39 Å². The van der Waals surface area contributed by atoms with Crippen molar-refractivity contribution in [3.63, 3.8) is 0 Å². The summed E-state index contributed by atoms with van der Waals surface area (Å²) in [5.74, 6) is -0.0666. The first kappa shape index (κ1) is 13.8. The largest absolute Gasteiger partial charge is 0.490 e. The molecule has 19 heavy (non-hydrogen) atoms. The van der Waals surface area contributed by atoms with Gasteiger partial charge in [-0.15, -0.1) is 0 Å². The van der Waals surface area contributed by atoms with E-state index in [4.69, 9.17) is 4.74 Å². The fourth-order valence-electron chi connectivity index (χ4n) is 1.94. The van der Waals surface area contributed by atoms with Crippen LogP contribution in [0.2, 0.25) is 0 Å². The van der Waals surface area contributed by atoms with E-state index in [-0.39, 0.29) is 11.6 Å². The zero-order valence-corrected chi connectivity index (χ0v) is 11.4. The summed E-state index contributed by atoms with van der Waals surface area (Å²) in [4.78, 5) is 0. The quantitative estimate of drug-likeness (QED) is 0.857. The zero-order chi connectivity index (χ0) is 13.9. The monoisotopic (exact) mass is 262 g/mol. The average Bonchev–Trinajstić information content (AvgIpc) is 3.18. The lowest BCUT2D eigenvalue weighted by Crippen LogP contribution is -2.43. The van der Waals surface area contributed by atoms with Crippen molar-refractivity contribution in [2.24, 2.45) is 0 Å². The number of ether oxygens (including phenoxy) is 1. The van der Waals surface area contributed by atoms with Gasteiger partial charge in [0.1, 0.15) is 5.54 Å². The molecule has 0 radical (unpaired) electrons. The molecule has 4 heteroatoms. The predicted molar refractivity (Wildman–Crippen MR) is 71.4 cm³/mol. The van der Waals surface area contributed by atoms with Crippen LogP contribution >= 0.6 is 0 Å².